The molecular formula is C14H17BrClNO. The summed E-state index contributed by atoms with van der Waals surface area (Å²) in [5.74, 6) is 0.665. The van der Waals surface area contributed by atoms with Crippen molar-refractivity contribution in [1.29, 1.82) is 0 Å². The Kier molecular flexibility index (Phi) is 4.68. The van der Waals surface area contributed by atoms with Crippen LogP contribution in [-0.2, 0) is 0 Å². The molecule has 0 saturated heterocycles. The number of rotatable bonds is 3. The van der Waals surface area contributed by atoms with Crippen molar-refractivity contribution in [3.8, 4) is 0 Å². The smallest absolute Gasteiger partial charge is 0.255 e. The van der Waals surface area contributed by atoms with Crippen LogP contribution in [0.5, 0.6) is 0 Å². The molecule has 0 atom stereocenters. The van der Waals surface area contributed by atoms with Crippen molar-refractivity contribution >= 4 is 33.4 Å². The third-order valence-electron chi connectivity index (χ3n) is 3.51. The first kappa shape index (κ1) is 13.9. The Morgan fingerprint density at radius 1 is 1.44 bits per heavy atom. The van der Waals surface area contributed by atoms with E-state index in [-0.39, 0.29) is 5.91 Å². The molecule has 0 bridgehead atoms. The predicted octanol–water partition coefficient (Wildman–Crippen LogP) is 4.36. The van der Waals surface area contributed by atoms with Crippen LogP contribution in [0.1, 0.15) is 36.0 Å². The van der Waals surface area contributed by atoms with Crippen LogP contribution in [0.3, 0.4) is 0 Å². The van der Waals surface area contributed by atoms with Gasteiger partial charge < -0.3 is 4.90 Å². The van der Waals surface area contributed by atoms with E-state index in [4.69, 9.17) is 11.6 Å². The van der Waals surface area contributed by atoms with Crippen LogP contribution in [0.2, 0.25) is 5.02 Å². The Morgan fingerprint density at radius 2 is 2.11 bits per heavy atom. The summed E-state index contributed by atoms with van der Waals surface area (Å²) in [5, 5.41) is 0.515. The summed E-state index contributed by atoms with van der Waals surface area (Å²) >= 11 is 9.46. The Hall–Kier alpha value is -0.540. The van der Waals surface area contributed by atoms with Crippen LogP contribution in [-0.4, -0.2) is 24.4 Å². The van der Waals surface area contributed by atoms with Crippen LogP contribution < -0.4 is 0 Å². The molecule has 1 aromatic rings. The average Bonchev–Trinajstić information content (AvgIpc) is 2.84. The van der Waals surface area contributed by atoms with E-state index in [0.29, 0.717) is 16.5 Å². The maximum atomic E-state index is 12.3. The van der Waals surface area contributed by atoms with Gasteiger partial charge in [-0.1, -0.05) is 40.4 Å². The zero-order valence-corrected chi connectivity index (χ0v) is 12.8. The monoisotopic (exact) mass is 329 g/mol. The first-order valence-electron chi connectivity index (χ1n) is 6.28. The zero-order chi connectivity index (χ0) is 13.1. The summed E-state index contributed by atoms with van der Waals surface area (Å²) in [7, 11) is 1.86. The molecule has 0 aliphatic heterocycles. The Labute approximate surface area is 121 Å². The van der Waals surface area contributed by atoms with Crippen LogP contribution in [0.15, 0.2) is 22.7 Å². The Bertz CT molecular complexity index is 443. The minimum absolute atomic E-state index is 0.00759. The Morgan fingerprint density at radius 3 is 2.78 bits per heavy atom. The van der Waals surface area contributed by atoms with Crippen molar-refractivity contribution in [3.63, 3.8) is 0 Å². The molecule has 2 nitrogen and oxygen atoms in total. The molecule has 2 rings (SSSR count). The van der Waals surface area contributed by atoms with Gasteiger partial charge in [-0.05, 0) is 37.0 Å². The van der Waals surface area contributed by atoms with Gasteiger partial charge in [0, 0.05) is 18.1 Å². The van der Waals surface area contributed by atoms with Crippen molar-refractivity contribution < 1.29 is 4.79 Å². The highest BCUT2D eigenvalue weighted by molar-refractivity contribution is 9.10. The lowest BCUT2D eigenvalue weighted by Crippen LogP contribution is -2.31. The fraction of sp³-hybridized carbons (Fsp3) is 0.500. The van der Waals surface area contributed by atoms with E-state index in [1.165, 1.54) is 25.7 Å². The molecule has 1 amide bonds. The molecular weight excluding hydrogens is 314 g/mol. The molecule has 18 heavy (non-hydrogen) atoms. The number of carbonyl (C=O) groups is 1. The van der Waals surface area contributed by atoms with Crippen molar-refractivity contribution in [2.75, 3.05) is 13.6 Å². The third-order valence-corrected chi connectivity index (χ3v) is 4.34. The van der Waals surface area contributed by atoms with Gasteiger partial charge in [0.2, 0.25) is 0 Å². The normalized spacial score (nSPS) is 15.9. The largest absolute Gasteiger partial charge is 0.341 e. The topological polar surface area (TPSA) is 20.3 Å². The number of hydrogen-bond donors (Lipinski definition) is 0. The quantitative estimate of drug-likeness (QED) is 0.806. The summed E-state index contributed by atoms with van der Waals surface area (Å²) in [6.07, 6.45) is 5.07. The van der Waals surface area contributed by atoms with E-state index >= 15 is 0 Å². The van der Waals surface area contributed by atoms with Gasteiger partial charge in [-0.3, -0.25) is 4.79 Å². The molecule has 98 valence electrons. The lowest BCUT2D eigenvalue weighted by atomic mass is 10.1. The second kappa shape index (κ2) is 6.07. The van der Waals surface area contributed by atoms with Crippen molar-refractivity contribution in [2.45, 2.75) is 25.7 Å². The standard InChI is InChI=1S/C14H17BrClNO/c1-17(9-10-4-2-3-5-10)14(18)12-8-11(15)6-7-13(12)16/h6-8,10H,2-5,9H2,1H3. The summed E-state index contributed by atoms with van der Waals surface area (Å²) in [5.41, 5.74) is 0.575. The van der Waals surface area contributed by atoms with Crippen LogP contribution >= 0.6 is 27.5 Å². The molecule has 1 aliphatic rings. The molecule has 0 unspecified atom stereocenters. The van der Waals surface area contributed by atoms with E-state index in [1.54, 1.807) is 17.0 Å². The van der Waals surface area contributed by atoms with Crippen molar-refractivity contribution in [1.82, 2.24) is 4.90 Å². The number of hydrogen-bond acceptors (Lipinski definition) is 1. The third kappa shape index (κ3) is 3.27. The van der Waals surface area contributed by atoms with E-state index in [9.17, 15) is 4.79 Å². The van der Waals surface area contributed by atoms with Gasteiger partial charge in [0.25, 0.3) is 5.91 Å². The van der Waals surface area contributed by atoms with Gasteiger partial charge in [0.1, 0.15) is 0 Å². The maximum absolute atomic E-state index is 12.3. The fourth-order valence-corrected chi connectivity index (χ4v) is 3.09. The highest BCUT2D eigenvalue weighted by Crippen LogP contribution is 2.27. The highest BCUT2D eigenvalue weighted by Gasteiger charge is 2.21. The van der Waals surface area contributed by atoms with Crippen LogP contribution in [0, 0.1) is 5.92 Å². The number of benzene rings is 1. The van der Waals surface area contributed by atoms with Crippen LogP contribution in [0.25, 0.3) is 0 Å². The van der Waals surface area contributed by atoms with Gasteiger partial charge in [-0.15, -0.1) is 0 Å². The molecule has 0 aromatic heterocycles. The molecule has 4 heteroatoms. The maximum Gasteiger partial charge on any atom is 0.255 e. The summed E-state index contributed by atoms with van der Waals surface area (Å²) in [4.78, 5) is 14.1. The van der Waals surface area contributed by atoms with Gasteiger partial charge >= 0.3 is 0 Å². The second-order valence-corrected chi connectivity index (χ2v) is 6.28. The summed E-state index contributed by atoms with van der Waals surface area (Å²) in [6.45, 7) is 0.835. The lowest BCUT2D eigenvalue weighted by Gasteiger charge is -2.21. The number of amides is 1. The molecule has 1 fully saturated rings. The Balaban J connectivity index is 2.07. The minimum Gasteiger partial charge on any atom is -0.341 e. The average molecular weight is 331 g/mol. The van der Waals surface area contributed by atoms with Gasteiger partial charge in [-0.2, -0.15) is 0 Å². The zero-order valence-electron chi connectivity index (χ0n) is 10.5. The highest BCUT2D eigenvalue weighted by atomic mass is 79.9. The van der Waals surface area contributed by atoms with E-state index in [0.717, 1.165) is 11.0 Å². The first-order chi connectivity index (χ1) is 8.58. The minimum atomic E-state index is 0.00759. The van der Waals surface area contributed by atoms with Gasteiger partial charge in [0.05, 0.1) is 10.6 Å². The van der Waals surface area contributed by atoms with E-state index in [1.807, 2.05) is 13.1 Å². The SMILES string of the molecule is CN(CC1CCCC1)C(=O)c1cc(Br)ccc1Cl. The summed E-state index contributed by atoms with van der Waals surface area (Å²) < 4.78 is 0.879. The summed E-state index contributed by atoms with van der Waals surface area (Å²) in [6, 6.07) is 5.38. The van der Waals surface area contributed by atoms with Crippen molar-refractivity contribution in [2.24, 2.45) is 5.92 Å². The molecule has 0 N–H and O–H groups in total. The first-order valence-corrected chi connectivity index (χ1v) is 7.45. The number of nitrogens with zero attached hydrogens (tertiary/aromatic N) is 1. The molecule has 0 heterocycles. The number of carbonyl (C=O) groups excluding carboxylic acids is 1. The number of halogens is 2. The van der Waals surface area contributed by atoms with Crippen LogP contribution in [0.4, 0.5) is 0 Å². The van der Waals surface area contributed by atoms with E-state index in [2.05, 4.69) is 15.9 Å². The molecule has 0 spiro atoms. The van der Waals surface area contributed by atoms with Gasteiger partial charge in [-0.25, -0.2) is 0 Å². The molecule has 0 radical (unpaired) electrons. The lowest BCUT2D eigenvalue weighted by molar-refractivity contribution is 0.0773. The molecule has 1 aromatic carbocycles. The van der Waals surface area contributed by atoms with E-state index < -0.39 is 0 Å². The molecule has 1 aliphatic carbocycles. The predicted molar refractivity (Wildman–Crippen MR) is 78.1 cm³/mol. The van der Waals surface area contributed by atoms with Gasteiger partial charge in [0.15, 0.2) is 0 Å². The fourth-order valence-electron chi connectivity index (χ4n) is 2.53. The second-order valence-electron chi connectivity index (χ2n) is 4.96. The molecule has 1 saturated carbocycles. The van der Waals surface area contributed by atoms with Crippen molar-refractivity contribution in [3.05, 3.63) is 33.3 Å².